The maximum Gasteiger partial charge on any atom is 0.223 e. The predicted molar refractivity (Wildman–Crippen MR) is 49.4 cm³/mol. The third-order valence-corrected chi connectivity index (χ3v) is 1.22. The first-order chi connectivity index (χ1) is 6.22. The molecule has 0 amide bonds. The first-order valence-electron chi connectivity index (χ1n) is 3.72. The average molecular weight is 178 g/mol. The Hall–Kier alpha value is -1.80. The first kappa shape index (κ1) is 9.29. The number of nitrogen functional groups attached to an aromatic ring is 2. The largest absolute Gasteiger partial charge is 0.395 e. The Balaban J connectivity index is 2.85. The van der Waals surface area contributed by atoms with Crippen LogP contribution in [0.2, 0.25) is 0 Å². The Labute approximate surface area is 75.8 Å². The smallest absolute Gasteiger partial charge is 0.223 e. The van der Waals surface area contributed by atoms with Gasteiger partial charge in [0, 0.05) is 12.5 Å². The van der Waals surface area contributed by atoms with Gasteiger partial charge in [0.15, 0.2) is 0 Å². The highest BCUT2D eigenvalue weighted by atomic mass is 16.2. The van der Waals surface area contributed by atoms with Crippen LogP contribution in [0.4, 0.5) is 11.8 Å². The third-order valence-electron chi connectivity index (χ3n) is 1.22. The lowest BCUT2D eigenvalue weighted by Gasteiger charge is -1.95. The van der Waals surface area contributed by atoms with Crippen molar-refractivity contribution >= 4 is 11.8 Å². The quantitative estimate of drug-likeness (QED) is 0.497. The molecule has 0 aliphatic heterocycles. The second-order valence-electron chi connectivity index (χ2n) is 2.31. The van der Waals surface area contributed by atoms with Gasteiger partial charge in [-0.25, -0.2) is 4.98 Å². The molecule has 0 radical (unpaired) electrons. The fraction of sp³-hybridized carbons (Fsp3) is 0.250. The van der Waals surface area contributed by atoms with E-state index in [1.54, 1.807) is 0 Å². The summed E-state index contributed by atoms with van der Waals surface area (Å²) in [6, 6.07) is 1.53. The van der Waals surface area contributed by atoms with Crippen molar-refractivity contribution in [1.29, 1.82) is 0 Å². The summed E-state index contributed by atoms with van der Waals surface area (Å²) >= 11 is 0. The molecule has 1 heterocycles. The molecule has 68 valence electrons. The van der Waals surface area contributed by atoms with Gasteiger partial charge in [-0.05, 0) is 5.92 Å². The number of aliphatic hydroxyl groups excluding tert-OH is 1. The van der Waals surface area contributed by atoms with Gasteiger partial charge in [-0.2, -0.15) is 4.98 Å². The van der Waals surface area contributed by atoms with Crippen LogP contribution in [-0.2, 0) is 0 Å². The second-order valence-corrected chi connectivity index (χ2v) is 2.31. The van der Waals surface area contributed by atoms with Gasteiger partial charge in [0.2, 0.25) is 5.95 Å². The van der Waals surface area contributed by atoms with Crippen LogP contribution in [0, 0.1) is 11.8 Å². The van der Waals surface area contributed by atoms with E-state index < -0.39 is 0 Å². The Kier molecular flexibility index (Phi) is 3.06. The maximum absolute atomic E-state index is 8.47. The van der Waals surface area contributed by atoms with Crippen LogP contribution in [0.5, 0.6) is 0 Å². The average Bonchev–Trinajstić information content (AvgIpc) is 2.03. The highest BCUT2D eigenvalue weighted by molar-refractivity contribution is 5.42. The molecule has 5 heteroatoms. The summed E-state index contributed by atoms with van der Waals surface area (Å²) < 4.78 is 0. The summed E-state index contributed by atoms with van der Waals surface area (Å²) in [4.78, 5) is 7.53. The molecule has 5 N–H and O–H groups in total. The standard InChI is InChI=1S/C8H10N4O/c9-7-5-6(3-1-2-4-13)11-8(10)12-7/h5,13H,2,4H2,(H4,9,10,11,12). The molecule has 0 saturated carbocycles. The minimum atomic E-state index is 0.0308. The molecule has 1 rings (SSSR count). The van der Waals surface area contributed by atoms with E-state index in [0.29, 0.717) is 17.9 Å². The van der Waals surface area contributed by atoms with Gasteiger partial charge in [0.1, 0.15) is 11.5 Å². The number of rotatable bonds is 1. The molecular weight excluding hydrogens is 168 g/mol. The molecule has 0 unspecified atom stereocenters. The van der Waals surface area contributed by atoms with E-state index in [1.807, 2.05) is 0 Å². The topological polar surface area (TPSA) is 98.0 Å². The Bertz CT molecular complexity index is 333. The second kappa shape index (κ2) is 4.28. The van der Waals surface area contributed by atoms with E-state index in [4.69, 9.17) is 16.6 Å². The van der Waals surface area contributed by atoms with Gasteiger partial charge in [0.25, 0.3) is 0 Å². The van der Waals surface area contributed by atoms with E-state index in [2.05, 4.69) is 21.8 Å². The van der Waals surface area contributed by atoms with E-state index in [0.717, 1.165) is 0 Å². The monoisotopic (exact) mass is 178 g/mol. The Morgan fingerprint density at radius 1 is 1.38 bits per heavy atom. The molecule has 0 aliphatic rings. The van der Waals surface area contributed by atoms with Gasteiger partial charge in [-0.1, -0.05) is 5.92 Å². The van der Waals surface area contributed by atoms with Crippen LogP contribution < -0.4 is 11.5 Å². The molecule has 0 saturated heterocycles. The molecular formula is C8H10N4O. The minimum absolute atomic E-state index is 0.0308. The van der Waals surface area contributed by atoms with Crippen molar-refractivity contribution < 1.29 is 5.11 Å². The van der Waals surface area contributed by atoms with Gasteiger partial charge in [-0.15, -0.1) is 0 Å². The Morgan fingerprint density at radius 2 is 2.15 bits per heavy atom. The number of nitrogens with zero attached hydrogens (tertiary/aromatic N) is 2. The van der Waals surface area contributed by atoms with Crippen molar-refractivity contribution in [3.63, 3.8) is 0 Å². The van der Waals surface area contributed by atoms with Crippen molar-refractivity contribution in [2.45, 2.75) is 6.42 Å². The third kappa shape index (κ3) is 2.97. The lowest BCUT2D eigenvalue weighted by Crippen LogP contribution is -2.00. The summed E-state index contributed by atoms with van der Waals surface area (Å²) in [6.45, 7) is 0.0308. The van der Waals surface area contributed by atoms with Gasteiger partial charge in [-0.3, -0.25) is 0 Å². The molecule has 0 fully saturated rings. The Morgan fingerprint density at radius 3 is 2.77 bits per heavy atom. The fourth-order valence-electron chi connectivity index (χ4n) is 0.758. The van der Waals surface area contributed by atoms with E-state index in [9.17, 15) is 0 Å². The summed E-state index contributed by atoms with van der Waals surface area (Å²) in [5, 5.41) is 8.47. The number of anilines is 2. The fourth-order valence-corrected chi connectivity index (χ4v) is 0.758. The number of nitrogens with two attached hydrogens (primary N) is 2. The van der Waals surface area contributed by atoms with Crippen molar-refractivity contribution in [1.82, 2.24) is 9.97 Å². The molecule has 0 aromatic carbocycles. The normalized spacial score (nSPS) is 9.00. The van der Waals surface area contributed by atoms with Gasteiger partial charge >= 0.3 is 0 Å². The molecule has 0 atom stereocenters. The van der Waals surface area contributed by atoms with E-state index in [1.165, 1.54) is 6.07 Å². The van der Waals surface area contributed by atoms with E-state index in [-0.39, 0.29) is 12.6 Å². The van der Waals surface area contributed by atoms with Crippen molar-refractivity contribution in [3.05, 3.63) is 11.8 Å². The van der Waals surface area contributed by atoms with Crippen LogP contribution in [0.15, 0.2) is 6.07 Å². The van der Waals surface area contributed by atoms with Crippen LogP contribution in [0.25, 0.3) is 0 Å². The minimum Gasteiger partial charge on any atom is -0.395 e. The molecule has 0 aliphatic carbocycles. The van der Waals surface area contributed by atoms with Crippen LogP contribution in [0.1, 0.15) is 12.1 Å². The SMILES string of the molecule is Nc1cc(C#CCCO)nc(N)n1. The van der Waals surface area contributed by atoms with E-state index >= 15 is 0 Å². The van der Waals surface area contributed by atoms with Crippen LogP contribution in [0.3, 0.4) is 0 Å². The summed E-state index contributed by atoms with van der Waals surface area (Å²) in [5.41, 5.74) is 11.2. The highest BCUT2D eigenvalue weighted by Crippen LogP contribution is 2.02. The van der Waals surface area contributed by atoms with Gasteiger partial charge < -0.3 is 16.6 Å². The number of aromatic nitrogens is 2. The molecule has 13 heavy (non-hydrogen) atoms. The molecule has 1 aromatic rings. The number of hydrogen-bond donors (Lipinski definition) is 3. The van der Waals surface area contributed by atoms with Crippen molar-refractivity contribution in [3.8, 4) is 11.8 Å². The van der Waals surface area contributed by atoms with Crippen molar-refractivity contribution in [2.24, 2.45) is 0 Å². The first-order valence-corrected chi connectivity index (χ1v) is 3.72. The molecule has 0 spiro atoms. The van der Waals surface area contributed by atoms with Gasteiger partial charge in [0.05, 0.1) is 6.61 Å². The zero-order valence-corrected chi connectivity index (χ0v) is 6.99. The summed E-state index contributed by atoms with van der Waals surface area (Å²) in [5.74, 6) is 5.81. The zero-order valence-electron chi connectivity index (χ0n) is 6.99. The number of hydrogen-bond acceptors (Lipinski definition) is 5. The van der Waals surface area contributed by atoms with Crippen LogP contribution in [-0.4, -0.2) is 21.7 Å². The predicted octanol–water partition coefficient (Wildman–Crippen LogP) is -0.625. The summed E-state index contributed by atoms with van der Waals surface area (Å²) in [6.07, 6.45) is 0.407. The lowest BCUT2D eigenvalue weighted by atomic mass is 10.3. The highest BCUT2D eigenvalue weighted by Gasteiger charge is 1.94. The lowest BCUT2D eigenvalue weighted by molar-refractivity contribution is 0.305. The zero-order chi connectivity index (χ0) is 9.68. The molecule has 1 aromatic heterocycles. The molecule has 5 nitrogen and oxygen atoms in total. The summed E-state index contributed by atoms with van der Waals surface area (Å²) in [7, 11) is 0. The molecule has 0 bridgehead atoms. The number of aliphatic hydroxyl groups is 1. The van der Waals surface area contributed by atoms with Crippen LogP contribution >= 0.6 is 0 Å². The maximum atomic E-state index is 8.47. The van der Waals surface area contributed by atoms with Crippen molar-refractivity contribution in [2.75, 3.05) is 18.1 Å².